The lowest BCUT2D eigenvalue weighted by Gasteiger charge is -2.18. The molecule has 0 aliphatic carbocycles. The predicted molar refractivity (Wildman–Crippen MR) is 67.4 cm³/mol. The van der Waals surface area contributed by atoms with E-state index in [1.807, 2.05) is 0 Å². The molecule has 0 unspecified atom stereocenters. The van der Waals surface area contributed by atoms with Gasteiger partial charge in [-0.1, -0.05) is 15.9 Å². The number of halogens is 1. The number of rotatable bonds is 3. The minimum Gasteiger partial charge on any atom is -0.399 e. The Morgan fingerprint density at radius 2 is 1.75 bits per heavy atom. The van der Waals surface area contributed by atoms with Crippen LogP contribution >= 0.6 is 15.9 Å². The van der Waals surface area contributed by atoms with E-state index in [2.05, 4.69) is 15.9 Å². The Morgan fingerprint density at radius 3 is 2.12 bits per heavy atom. The van der Waals surface area contributed by atoms with Gasteiger partial charge in [-0.2, -0.15) is 0 Å². The van der Waals surface area contributed by atoms with Crippen LogP contribution < -0.4 is 5.73 Å². The lowest BCUT2D eigenvalue weighted by molar-refractivity contribution is 0.0983. The van der Waals surface area contributed by atoms with Gasteiger partial charge in [0.1, 0.15) is 0 Å². The van der Waals surface area contributed by atoms with E-state index in [0.29, 0.717) is 11.3 Å². The number of Topliss-reactive ketones (excluding diaryl/α,β-unsaturated/α-hetero) is 1. The van der Waals surface area contributed by atoms with Gasteiger partial charge < -0.3 is 5.73 Å². The SMILES string of the molecule is C[C@@](Br)(C(=O)c1ccc(N)cc1)S(C)(=O)=O. The lowest BCUT2D eigenvalue weighted by Crippen LogP contribution is -2.36. The Kier molecular flexibility index (Phi) is 3.44. The van der Waals surface area contributed by atoms with Gasteiger partial charge >= 0.3 is 0 Å². The Bertz CT molecular complexity index is 505. The molecule has 6 heteroatoms. The summed E-state index contributed by atoms with van der Waals surface area (Å²) in [5, 5.41) is 0. The van der Waals surface area contributed by atoms with Crippen molar-refractivity contribution in [3.05, 3.63) is 29.8 Å². The summed E-state index contributed by atoms with van der Waals surface area (Å²) in [6.45, 7) is 1.32. The first-order chi connectivity index (χ1) is 7.16. The van der Waals surface area contributed by atoms with Crippen LogP contribution in [0.3, 0.4) is 0 Å². The van der Waals surface area contributed by atoms with E-state index in [4.69, 9.17) is 5.73 Å². The summed E-state index contributed by atoms with van der Waals surface area (Å²) in [6.07, 6.45) is 1.01. The fourth-order valence-corrected chi connectivity index (χ4v) is 1.74. The maximum atomic E-state index is 12.0. The number of ketones is 1. The van der Waals surface area contributed by atoms with E-state index in [9.17, 15) is 13.2 Å². The first-order valence-electron chi connectivity index (χ1n) is 4.45. The van der Waals surface area contributed by atoms with E-state index < -0.39 is 19.3 Å². The number of alkyl halides is 1. The molecule has 1 rings (SSSR count). The molecule has 0 spiro atoms. The molecule has 1 aromatic carbocycles. The molecule has 88 valence electrons. The van der Waals surface area contributed by atoms with Crippen LogP contribution in [-0.4, -0.2) is 24.1 Å². The Balaban J connectivity index is 3.18. The third-order valence-electron chi connectivity index (χ3n) is 2.27. The zero-order chi connectivity index (χ0) is 12.6. The van der Waals surface area contributed by atoms with Crippen molar-refractivity contribution < 1.29 is 13.2 Å². The van der Waals surface area contributed by atoms with Crippen molar-refractivity contribution in [3.8, 4) is 0 Å². The third kappa shape index (κ3) is 2.44. The van der Waals surface area contributed by atoms with Crippen molar-refractivity contribution in [2.24, 2.45) is 0 Å². The zero-order valence-corrected chi connectivity index (χ0v) is 11.3. The standard InChI is InChI=1S/C10H12BrNO3S/c1-10(11,16(2,14)15)9(13)7-3-5-8(12)6-4-7/h3-6H,12H2,1-2H3/t10-/m0/s1. The molecule has 0 amide bonds. The van der Waals surface area contributed by atoms with Gasteiger partial charge in [-0.15, -0.1) is 0 Å². The smallest absolute Gasteiger partial charge is 0.194 e. The van der Waals surface area contributed by atoms with Crippen LogP contribution in [0.1, 0.15) is 17.3 Å². The highest BCUT2D eigenvalue weighted by atomic mass is 79.9. The number of sulfone groups is 1. The van der Waals surface area contributed by atoms with Gasteiger partial charge in [0.25, 0.3) is 0 Å². The molecule has 4 nitrogen and oxygen atoms in total. The minimum absolute atomic E-state index is 0.305. The van der Waals surface area contributed by atoms with Crippen molar-refractivity contribution in [2.75, 3.05) is 12.0 Å². The maximum absolute atomic E-state index is 12.0. The summed E-state index contributed by atoms with van der Waals surface area (Å²) >= 11 is 2.95. The number of hydrogen-bond acceptors (Lipinski definition) is 4. The normalized spacial score (nSPS) is 15.4. The number of benzene rings is 1. The fraction of sp³-hybridized carbons (Fsp3) is 0.300. The van der Waals surface area contributed by atoms with E-state index in [1.54, 1.807) is 12.1 Å². The number of hydrogen-bond donors (Lipinski definition) is 1. The monoisotopic (exact) mass is 305 g/mol. The molecule has 0 aliphatic heterocycles. The molecular weight excluding hydrogens is 294 g/mol. The molecule has 0 heterocycles. The van der Waals surface area contributed by atoms with Gasteiger partial charge in [-0.05, 0) is 31.2 Å². The topological polar surface area (TPSA) is 77.2 Å². The molecule has 2 N–H and O–H groups in total. The van der Waals surface area contributed by atoms with E-state index in [1.165, 1.54) is 19.1 Å². The molecule has 1 atom stereocenters. The van der Waals surface area contributed by atoms with Crippen molar-refractivity contribution in [2.45, 2.75) is 10.6 Å². The summed E-state index contributed by atoms with van der Waals surface area (Å²) < 4.78 is 21.3. The van der Waals surface area contributed by atoms with Crippen molar-refractivity contribution in [1.29, 1.82) is 0 Å². The van der Waals surface area contributed by atoms with Gasteiger partial charge in [0.05, 0.1) is 0 Å². The molecule has 0 radical (unpaired) electrons. The second kappa shape index (κ2) is 4.18. The van der Waals surface area contributed by atoms with Gasteiger partial charge in [0.15, 0.2) is 19.3 Å². The van der Waals surface area contributed by atoms with Crippen LogP contribution in [0, 0.1) is 0 Å². The average Bonchev–Trinajstić information content (AvgIpc) is 2.16. The van der Waals surface area contributed by atoms with Crippen molar-refractivity contribution in [3.63, 3.8) is 0 Å². The number of carbonyl (C=O) groups is 1. The van der Waals surface area contributed by atoms with Crippen molar-refractivity contribution >= 4 is 37.2 Å². The first-order valence-corrected chi connectivity index (χ1v) is 7.13. The van der Waals surface area contributed by atoms with Crippen LogP contribution in [-0.2, 0) is 9.84 Å². The summed E-state index contributed by atoms with van der Waals surface area (Å²) in [5.74, 6) is -0.505. The third-order valence-corrected chi connectivity index (χ3v) is 5.98. The molecule has 0 fully saturated rings. The van der Waals surface area contributed by atoms with E-state index >= 15 is 0 Å². The van der Waals surface area contributed by atoms with Crippen LogP contribution in [0.25, 0.3) is 0 Å². The second-order valence-electron chi connectivity index (χ2n) is 3.64. The highest BCUT2D eigenvalue weighted by molar-refractivity contribution is 9.12. The average molecular weight is 306 g/mol. The summed E-state index contributed by atoms with van der Waals surface area (Å²) in [4.78, 5) is 12.0. The van der Waals surface area contributed by atoms with Crippen LogP contribution in [0.15, 0.2) is 24.3 Å². The largest absolute Gasteiger partial charge is 0.399 e. The molecule has 0 saturated carbocycles. The Hall–Kier alpha value is -0.880. The second-order valence-corrected chi connectivity index (χ2v) is 8.11. The summed E-state index contributed by atoms with van der Waals surface area (Å²) in [6, 6.07) is 6.11. The number of carbonyl (C=O) groups excluding carboxylic acids is 1. The molecule has 0 saturated heterocycles. The lowest BCUT2D eigenvalue weighted by atomic mass is 10.1. The number of anilines is 1. The quantitative estimate of drug-likeness (QED) is 0.523. The van der Waals surface area contributed by atoms with Crippen molar-refractivity contribution in [1.82, 2.24) is 0 Å². The Labute approximate surface area is 103 Å². The van der Waals surface area contributed by atoms with Crippen LogP contribution in [0.2, 0.25) is 0 Å². The molecular formula is C10H12BrNO3S. The first kappa shape index (κ1) is 13.2. The van der Waals surface area contributed by atoms with E-state index in [-0.39, 0.29) is 0 Å². The zero-order valence-electron chi connectivity index (χ0n) is 8.90. The molecule has 0 bridgehead atoms. The van der Waals surface area contributed by atoms with E-state index in [0.717, 1.165) is 6.26 Å². The molecule has 0 aliphatic rings. The Morgan fingerprint density at radius 1 is 1.31 bits per heavy atom. The number of nitrogen functional groups attached to an aromatic ring is 1. The summed E-state index contributed by atoms with van der Waals surface area (Å²) in [5.41, 5.74) is 6.31. The molecule has 0 aromatic heterocycles. The van der Waals surface area contributed by atoms with Gasteiger partial charge in [-0.25, -0.2) is 8.42 Å². The highest BCUT2D eigenvalue weighted by Crippen LogP contribution is 2.28. The summed E-state index contributed by atoms with van der Waals surface area (Å²) in [7, 11) is -3.52. The van der Waals surface area contributed by atoms with Gasteiger partial charge in [0, 0.05) is 17.5 Å². The highest BCUT2D eigenvalue weighted by Gasteiger charge is 2.41. The molecule has 16 heavy (non-hydrogen) atoms. The fourth-order valence-electron chi connectivity index (χ4n) is 1.06. The minimum atomic E-state index is -3.52. The van der Waals surface area contributed by atoms with Gasteiger partial charge in [0.2, 0.25) is 0 Å². The predicted octanol–water partition coefficient (Wildman–Crippen LogP) is 1.61. The van der Waals surface area contributed by atoms with Gasteiger partial charge in [-0.3, -0.25) is 4.79 Å². The number of nitrogens with two attached hydrogens (primary N) is 1. The van der Waals surface area contributed by atoms with Crippen LogP contribution in [0.4, 0.5) is 5.69 Å². The maximum Gasteiger partial charge on any atom is 0.194 e. The molecule has 1 aromatic rings. The van der Waals surface area contributed by atoms with Crippen LogP contribution in [0.5, 0.6) is 0 Å².